The van der Waals surface area contributed by atoms with E-state index in [2.05, 4.69) is 0 Å². The number of carbonyl (C=O) groups is 2. The third-order valence-electron chi connectivity index (χ3n) is 6.66. The average Bonchev–Trinajstić information content (AvgIpc) is 3.40. The summed E-state index contributed by atoms with van der Waals surface area (Å²) < 4.78 is 7.78. The summed E-state index contributed by atoms with van der Waals surface area (Å²) in [7, 11) is 0. The number of ether oxygens (including phenoxy) is 1. The number of imide groups is 1. The lowest BCUT2D eigenvalue weighted by Crippen LogP contribution is -2.42. The third-order valence-corrected chi connectivity index (χ3v) is 7.03. The van der Waals surface area contributed by atoms with Gasteiger partial charge in [-0.05, 0) is 55.8 Å². The number of benzene rings is 3. The van der Waals surface area contributed by atoms with Crippen molar-refractivity contribution in [1.29, 1.82) is 5.26 Å². The molecule has 0 saturated heterocycles. The molecule has 0 unspecified atom stereocenters. The van der Waals surface area contributed by atoms with Crippen LogP contribution in [0.1, 0.15) is 25.0 Å². The maximum Gasteiger partial charge on any atom is 0.271 e. The Morgan fingerprint density at radius 2 is 1.75 bits per heavy atom. The van der Waals surface area contributed by atoms with Gasteiger partial charge in [0, 0.05) is 40.0 Å². The van der Waals surface area contributed by atoms with Crippen LogP contribution in [-0.4, -0.2) is 33.0 Å². The number of aromatic nitrogens is 2. The average molecular weight is 549 g/mol. The van der Waals surface area contributed by atoms with Gasteiger partial charge in [-0.2, -0.15) is 10.4 Å². The predicted molar refractivity (Wildman–Crippen MR) is 153 cm³/mol. The Hall–Kier alpha value is -4.93. The lowest BCUT2D eigenvalue weighted by molar-refractivity contribution is -0.140. The molecule has 8 heteroatoms. The van der Waals surface area contributed by atoms with Crippen molar-refractivity contribution in [2.75, 3.05) is 6.54 Å². The fourth-order valence-corrected chi connectivity index (χ4v) is 4.70. The first kappa shape index (κ1) is 26.7. The molecule has 2 heterocycles. The molecule has 1 aliphatic heterocycles. The van der Waals surface area contributed by atoms with Crippen LogP contribution >= 0.6 is 11.6 Å². The molecule has 1 aromatic heterocycles. The van der Waals surface area contributed by atoms with E-state index in [0.29, 0.717) is 34.2 Å². The highest BCUT2D eigenvalue weighted by atomic mass is 35.5. The number of nitrogens with zero attached hydrogens (tertiary/aromatic N) is 4. The first-order chi connectivity index (χ1) is 19.4. The van der Waals surface area contributed by atoms with Gasteiger partial charge in [0.1, 0.15) is 29.7 Å². The zero-order valence-corrected chi connectivity index (χ0v) is 22.7. The largest absolute Gasteiger partial charge is 0.489 e. The van der Waals surface area contributed by atoms with Crippen molar-refractivity contribution in [1.82, 2.24) is 14.7 Å². The molecule has 40 heavy (non-hydrogen) atoms. The van der Waals surface area contributed by atoms with Gasteiger partial charge in [0.2, 0.25) is 0 Å². The van der Waals surface area contributed by atoms with E-state index in [1.807, 2.05) is 91.1 Å². The minimum atomic E-state index is -0.576. The van der Waals surface area contributed by atoms with Crippen LogP contribution < -0.4 is 4.74 Å². The van der Waals surface area contributed by atoms with Crippen molar-refractivity contribution in [3.05, 3.63) is 118 Å². The Labute approximate surface area is 237 Å². The number of amides is 2. The van der Waals surface area contributed by atoms with Gasteiger partial charge in [-0.25, -0.2) is 4.68 Å². The zero-order chi connectivity index (χ0) is 28.2. The first-order valence-corrected chi connectivity index (χ1v) is 13.1. The minimum absolute atomic E-state index is 0.0420. The minimum Gasteiger partial charge on any atom is -0.489 e. The standard InChI is InChI=1S/C32H25ClN4O3/c1-3-36-31(38)27(21(2)28(18-34)32(36)39)17-24-19-37(25-12-5-4-6-13-25)35-30(24)22-11-9-14-26(16-22)40-20-23-10-7-8-15-29(23)33/h4-17,19H,3,20H2,1-2H3/b27-17+. The van der Waals surface area contributed by atoms with Crippen molar-refractivity contribution in [2.45, 2.75) is 20.5 Å². The number of hydrogen-bond donors (Lipinski definition) is 0. The number of para-hydroxylation sites is 1. The smallest absolute Gasteiger partial charge is 0.271 e. The highest BCUT2D eigenvalue weighted by Crippen LogP contribution is 2.32. The number of halogens is 1. The fourth-order valence-electron chi connectivity index (χ4n) is 4.51. The molecule has 1 aliphatic rings. The molecule has 0 fully saturated rings. The second-order valence-corrected chi connectivity index (χ2v) is 9.55. The van der Waals surface area contributed by atoms with Gasteiger partial charge in [0.15, 0.2) is 0 Å². The molecule has 5 rings (SSSR count). The van der Waals surface area contributed by atoms with Crippen molar-refractivity contribution in [3.63, 3.8) is 0 Å². The second-order valence-electron chi connectivity index (χ2n) is 9.15. The molecule has 0 atom stereocenters. The van der Waals surface area contributed by atoms with Gasteiger partial charge in [-0.1, -0.05) is 60.1 Å². The first-order valence-electron chi connectivity index (χ1n) is 12.7. The summed E-state index contributed by atoms with van der Waals surface area (Å²) in [5.74, 6) is -0.392. The molecule has 7 nitrogen and oxygen atoms in total. The highest BCUT2D eigenvalue weighted by Gasteiger charge is 2.34. The normalized spacial score (nSPS) is 14.6. The van der Waals surface area contributed by atoms with Crippen LogP contribution in [0.2, 0.25) is 5.02 Å². The molecule has 4 aromatic rings. The molecule has 0 aliphatic carbocycles. The summed E-state index contributed by atoms with van der Waals surface area (Å²) in [6, 6.07) is 26.6. The van der Waals surface area contributed by atoms with Gasteiger partial charge in [0.05, 0.1) is 5.69 Å². The van der Waals surface area contributed by atoms with Gasteiger partial charge in [0.25, 0.3) is 11.8 Å². The summed E-state index contributed by atoms with van der Waals surface area (Å²) in [6.07, 6.45) is 3.53. The summed E-state index contributed by atoms with van der Waals surface area (Å²) in [6.45, 7) is 3.79. The van der Waals surface area contributed by atoms with E-state index in [0.717, 1.165) is 21.7 Å². The Bertz CT molecular complexity index is 1710. The maximum absolute atomic E-state index is 13.3. The lowest BCUT2D eigenvalue weighted by Gasteiger charge is -2.26. The number of carbonyl (C=O) groups excluding carboxylic acids is 2. The van der Waals surface area contributed by atoms with E-state index in [-0.39, 0.29) is 17.7 Å². The topological polar surface area (TPSA) is 88.2 Å². The molecule has 0 spiro atoms. The van der Waals surface area contributed by atoms with Crippen molar-refractivity contribution in [3.8, 4) is 28.8 Å². The Morgan fingerprint density at radius 3 is 2.48 bits per heavy atom. The molecule has 0 N–H and O–H groups in total. The zero-order valence-electron chi connectivity index (χ0n) is 22.0. The van der Waals surface area contributed by atoms with Crippen LogP contribution in [0.4, 0.5) is 0 Å². The third kappa shape index (κ3) is 5.18. The van der Waals surface area contributed by atoms with Crippen LogP contribution in [0.5, 0.6) is 5.75 Å². The Morgan fingerprint density at radius 1 is 1.00 bits per heavy atom. The Kier molecular flexibility index (Phi) is 7.63. The molecule has 0 radical (unpaired) electrons. The van der Waals surface area contributed by atoms with E-state index in [4.69, 9.17) is 21.4 Å². The molecular weight excluding hydrogens is 524 g/mol. The van der Waals surface area contributed by atoms with Gasteiger partial charge < -0.3 is 4.74 Å². The summed E-state index contributed by atoms with van der Waals surface area (Å²) in [5.41, 5.74) is 4.32. The van der Waals surface area contributed by atoms with Gasteiger partial charge >= 0.3 is 0 Å². The second kappa shape index (κ2) is 11.4. The lowest BCUT2D eigenvalue weighted by atomic mass is 9.93. The van der Waals surface area contributed by atoms with Crippen LogP contribution in [-0.2, 0) is 16.2 Å². The molecule has 0 saturated carbocycles. The van der Waals surface area contributed by atoms with E-state index in [1.165, 1.54) is 0 Å². The molecule has 198 valence electrons. The number of rotatable bonds is 7. The van der Waals surface area contributed by atoms with E-state index < -0.39 is 11.8 Å². The molecular formula is C32H25ClN4O3. The van der Waals surface area contributed by atoms with E-state index in [1.54, 1.807) is 24.6 Å². The summed E-state index contributed by atoms with van der Waals surface area (Å²) >= 11 is 6.29. The van der Waals surface area contributed by atoms with Crippen LogP contribution in [0.15, 0.2) is 102 Å². The SMILES string of the molecule is CCN1C(=O)C(C#N)=C(C)/C(=C\c2cn(-c3ccccc3)nc2-c2cccc(OCc3ccccc3Cl)c2)C1=O. The number of hydrogen-bond acceptors (Lipinski definition) is 5. The monoisotopic (exact) mass is 548 g/mol. The van der Waals surface area contributed by atoms with Crippen molar-refractivity contribution in [2.24, 2.45) is 0 Å². The van der Waals surface area contributed by atoms with Gasteiger partial charge in [-0.15, -0.1) is 0 Å². The number of nitriles is 1. The van der Waals surface area contributed by atoms with Crippen LogP contribution in [0.25, 0.3) is 23.0 Å². The molecule has 0 bridgehead atoms. The van der Waals surface area contributed by atoms with E-state index in [9.17, 15) is 14.9 Å². The summed E-state index contributed by atoms with van der Waals surface area (Å²) in [4.78, 5) is 27.1. The maximum atomic E-state index is 13.3. The van der Waals surface area contributed by atoms with Crippen LogP contribution in [0, 0.1) is 11.3 Å². The quantitative estimate of drug-likeness (QED) is 0.197. The van der Waals surface area contributed by atoms with Gasteiger partial charge in [-0.3, -0.25) is 14.5 Å². The van der Waals surface area contributed by atoms with Crippen molar-refractivity contribution < 1.29 is 14.3 Å². The van der Waals surface area contributed by atoms with Crippen molar-refractivity contribution >= 4 is 29.5 Å². The highest BCUT2D eigenvalue weighted by molar-refractivity contribution is 6.31. The summed E-state index contributed by atoms with van der Waals surface area (Å²) in [5, 5.41) is 15.1. The molecule has 3 aromatic carbocycles. The van der Waals surface area contributed by atoms with E-state index >= 15 is 0 Å². The fraction of sp³-hybridized carbons (Fsp3) is 0.125. The van der Waals surface area contributed by atoms with Crippen LogP contribution in [0.3, 0.4) is 0 Å². The number of likely N-dealkylation sites (N-methyl/N-ethyl adjacent to an activating group) is 1. The predicted octanol–water partition coefficient (Wildman–Crippen LogP) is 6.38. The molecule has 2 amide bonds. The Balaban J connectivity index is 1.60.